The highest BCUT2D eigenvalue weighted by Crippen LogP contribution is 2.33. The van der Waals surface area contributed by atoms with Crippen LogP contribution in [0.1, 0.15) is 35.6 Å². The highest BCUT2D eigenvalue weighted by atomic mass is 35.5. The Morgan fingerprint density at radius 1 is 1.24 bits per heavy atom. The summed E-state index contributed by atoms with van der Waals surface area (Å²) in [6.45, 7) is 7.86. The van der Waals surface area contributed by atoms with Gasteiger partial charge in [0.15, 0.2) is 0 Å². The van der Waals surface area contributed by atoms with Gasteiger partial charge in [-0.05, 0) is 51.3 Å². The van der Waals surface area contributed by atoms with Gasteiger partial charge in [0.25, 0.3) is 0 Å². The summed E-state index contributed by atoms with van der Waals surface area (Å²) in [6, 6.07) is 7.53. The summed E-state index contributed by atoms with van der Waals surface area (Å²) in [5.41, 5.74) is 2.72. The summed E-state index contributed by atoms with van der Waals surface area (Å²) in [5.74, 6) is 2.41. The Morgan fingerprint density at radius 2 is 2.00 bits per heavy atom. The Bertz CT molecular complexity index is 1050. The second kappa shape index (κ2) is 8.03. The number of carbonyl (C=O) groups is 1. The molecule has 0 saturated carbocycles. The van der Waals surface area contributed by atoms with Gasteiger partial charge in [0.2, 0.25) is 11.6 Å². The minimum Gasteiger partial charge on any atom is -0.443 e. The van der Waals surface area contributed by atoms with Gasteiger partial charge in [0, 0.05) is 30.2 Å². The SMILES string of the molecule is Cc1nc(N2CCC[C@@H](C(=O)NCc3ccc(Cl)cc3)C2)c2c(C)c(C)oc2n1. The van der Waals surface area contributed by atoms with Crippen molar-refractivity contribution in [1.82, 2.24) is 15.3 Å². The molecule has 1 fully saturated rings. The quantitative estimate of drug-likeness (QED) is 0.690. The maximum atomic E-state index is 12.8. The number of rotatable bonds is 4. The van der Waals surface area contributed by atoms with E-state index in [4.69, 9.17) is 21.0 Å². The predicted octanol–water partition coefficient (Wildman–Crippen LogP) is 4.33. The molecule has 3 aromatic rings. The highest BCUT2D eigenvalue weighted by Gasteiger charge is 2.29. The largest absolute Gasteiger partial charge is 0.443 e. The van der Waals surface area contributed by atoms with Crippen LogP contribution in [0.15, 0.2) is 28.7 Å². The van der Waals surface area contributed by atoms with E-state index in [-0.39, 0.29) is 11.8 Å². The number of hydrogen-bond acceptors (Lipinski definition) is 5. The molecule has 0 radical (unpaired) electrons. The number of furan rings is 1. The normalized spacial score (nSPS) is 17.0. The van der Waals surface area contributed by atoms with Crippen LogP contribution in [-0.4, -0.2) is 29.0 Å². The Morgan fingerprint density at radius 3 is 2.76 bits per heavy atom. The monoisotopic (exact) mass is 412 g/mol. The van der Waals surface area contributed by atoms with Crippen LogP contribution in [0.2, 0.25) is 5.02 Å². The summed E-state index contributed by atoms with van der Waals surface area (Å²) in [7, 11) is 0. The second-order valence-electron chi connectivity index (χ2n) is 7.69. The van der Waals surface area contributed by atoms with Crippen LogP contribution >= 0.6 is 11.6 Å². The molecule has 0 aliphatic carbocycles. The number of carbonyl (C=O) groups excluding carboxylic acids is 1. The molecule has 29 heavy (non-hydrogen) atoms. The fourth-order valence-corrected chi connectivity index (χ4v) is 4.01. The number of nitrogens with zero attached hydrogens (tertiary/aromatic N) is 3. The number of hydrogen-bond donors (Lipinski definition) is 1. The maximum absolute atomic E-state index is 12.8. The summed E-state index contributed by atoms with van der Waals surface area (Å²) < 4.78 is 5.81. The molecule has 0 bridgehead atoms. The number of aryl methyl sites for hydroxylation is 3. The molecular weight excluding hydrogens is 388 g/mol. The van der Waals surface area contributed by atoms with Crippen molar-refractivity contribution in [3.05, 3.63) is 52.0 Å². The lowest BCUT2D eigenvalue weighted by Crippen LogP contribution is -2.43. The topological polar surface area (TPSA) is 71.3 Å². The molecule has 0 spiro atoms. The van der Waals surface area contributed by atoms with Gasteiger partial charge in [-0.3, -0.25) is 4.79 Å². The van der Waals surface area contributed by atoms with Crippen molar-refractivity contribution in [1.29, 1.82) is 0 Å². The third-order valence-corrected chi connectivity index (χ3v) is 5.85. The summed E-state index contributed by atoms with van der Waals surface area (Å²) >= 11 is 5.93. The molecule has 1 N–H and O–H groups in total. The van der Waals surface area contributed by atoms with Gasteiger partial charge in [-0.25, -0.2) is 4.98 Å². The number of nitrogens with one attached hydrogen (secondary N) is 1. The van der Waals surface area contributed by atoms with Crippen molar-refractivity contribution in [3.8, 4) is 0 Å². The van der Waals surface area contributed by atoms with Crippen LogP contribution in [0.5, 0.6) is 0 Å². The van der Waals surface area contributed by atoms with E-state index in [9.17, 15) is 4.79 Å². The average molecular weight is 413 g/mol. The van der Waals surface area contributed by atoms with Crippen molar-refractivity contribution < 1.29 is 9.21 Å². The number of fused-ring (bicyclic) bond motifs is 1. The molecule has 4 rings (SSSR count). The predicted molar refractivity (Wildman–Crippen MR) is 114 cm³/mol. The molecular formula is C22H25ClN4O2. The Balaban J connectivity index is 1.50. The van der Waals surface area contributed by atoms with Crippen molar-refractivity contribution in [2.24, 2.45) is 5.92 Å². The molecule has 152 valence electrons. The fourth-order valence-electron chi connectivity index (χ4n) is 3.88. The standard InChI is InChI=1S/C22H25ClN4O2/c1-13-14(2)29-22-19(13)20(25-15(3)26-22)27-10-4-5-17(12-27)21(28)24-11-16-6-8-18(23)9-7-16/h6-9,17H,4-5,10-12H2,1-3H3,(H,24,28)/t17-/m1/s1. The Labute approximate surface area is 175 Å². The Kier molecular flexibility index (Phi) is 5.46. The number of benzene rings is 1. The first kappa shape index (κ1) is 19.7. The van der Waals surface area contributed by atoms with Crippen LogP contribution < -0.4 is 10.2 Å². The van der Waals surface area contributed by atoms with Crippen LogP contribution in [0.4, 0.5) is 5.82 Å². The van der Waals surface area contributed by atoms with E-state index in [0.717, 1.165) is 47.5 Å². The lowest BCUT2D eigenvalue weighted by atomic mass is 9.96. The maximum Gasteiger partial charge on any atom is 0.231 e. The summed E-state index contributed by atoms with van der Waals surface area (Å²) in [6.07, 6.45) is 1.82. The van der Waals surface area contributed by atoms with E-state index >= 15 is 0 Å². The van der Waals surface area contributed by atoms with Crippen molar-refractivity contribution in [2.45, 2.75) is 40.2 Å². The van der Waals surface area contributed by atoms with Gasteiger partial charge < -0.3 is 14.6 Å². The minimum atomic E-state index is -0.0744. The van der Waals surface area contributed by atoms with Gasteiger partial charge in [0.05, 0.1) is 11.3 Å². The molecule has 0 unspecified atom stereocenters. The number of anilines is 1. The zero-order valence-corrected chi connectivity index (χ0v) is 17.7. The second-order valence-corrected chi connectivity index (χ2v) is 8.12. The van der Waals surface area contributed by atoms with Crippen molar-refractivity contribution in [2.75, 3.05) is 18.0 Å². The minimum absolute atomic E-state index is 0.0744. The van der Waals surface area contributed by atoms with Gasteiger partial charge in [0.1, 0.15) is 17.4 Å². The highest BCUT2D eigenvalue weighted by molar-refractivity contribution is 6.30. The summed E-state index contributed by atoms with van der Waals surface area (Å²) in [5, 5.41) is 4.71. The first-order valence-corrected chi connectivity index (χ1v) is 10.3. The van der Waals surface area contributed by atoms with Crippen molar-refractivity contribution >= 4 is 34.4 Å². The first-order valence-electron chi connectivity index (χ1n) is 9.94. The summed E-state index contributed by atoms with van der Waals surface area (Å²) in [4.78, 5) is 24.2. The number of piperidine rings is 1. The molecule has 3 heterocycles. The molecule has 1 amide bonds. The number of aromatic nitrogens is 2. The van der Waals surface area contributed by atoms with Gasteiger partial charge in [-0.15, -0.1) is 0 Å². The third-order valence-electron chi connectivity index (χ3n) is 5.59. The van der Waals surface area contributed by atoms with Crippen LogP contribution in [-0.2, 0) is 11.3 Å². The van der Waals surface area contributed by atoms with E-state index in [1.807, 2.05) is 45.0 Å². The molecule has 1 aliphatic heterocycles. The zero-order chi connectivity index (χ0) is 20.5. The van der Waals surface area contributed by atoms with E-state index in [2.05, 4.69) is 15.2 Å². The van der Waals surface area contributed by atoms with Gasteiger partial charge in [-0.1, -0.05) is 23.7 Å². The van der Waals surface area contributed by atoms with E-state index < -0.39 is 0 Å². The molecule has 7 heteroatoms. The van der Waals surface area contributed by atoms with Crippen LogP contribution in [0.25, 0.3) is 11.1 Å². The Hall–Kier alpha value is -2.60. The fraction of sp³-hybridized carbons (Fsp3) is 0.409. The van der Waals surface area contributed by atoms with Crippen molar-refractivity contribution in [3.63, 3.8) is 0 Å². The molecule has 1 saturated heterocycles. The lowest BCUT2D eigenvalue weighted by Gasteiger charge is -2.33. The third kappa shape index (κ3) is 4.08. The van der Waals surface area contributed by atoms with E-state index in [1.165, 1.54) is 0 Å². The molecule has 6 nitrogen and oxygen atoms in total. The van der Waals surface area contributed by atoms with Gasteiger partial charge >= 0.3 is 0 Å². The lowest BCUT2D eigenvalue weighted by molar-refractivity contribution is -0.125. The molecule has 1 aromatic carbocycles. The molecule has 1 atom stereocenters. The zero-order valence-electron chi connectivity index (χ0n) is 17.0. The smallest absolute Gasteiger partial charge is 0.231 e. The van der Waals surface area contributed by atoms with Gasteiger partial charge in [-0.2, -0.15) is 4.98 Å². The molecule has 2 aromatic heterocycles. The average Bonchev–Trinajstić information content (AvgIpc) is 3.00. The van der Waals surface area contributed by atoms with Crippen LogP contribution in [0, 0.1) is 26.7 Å². The number of amides is 1. The van der Waals surface area contributed by atoms with E-state index in [0.29, 0.717) is 29.7 Å². The first-order chi connectivity index (χ1) is 13.9. The van der Waals surface area contributed by atoms with E-state index in [1.54, 1.807) is 0 Å². The molecule has 1 aliphatic rings. The number of halogens is 1. The van der Waals surface area contributed by atoms with Crippen LogP contribution in [0.3, 0.4) is 0 Å².